The van der Waals surface area contributed by atoms with Gasteiger partial charge in [0, 0.05) is 37.2 Å². The van der Waals surface area contributed by atoms with E-state index in [1.54, 1.807) is 24.3 Å². The Balaban J connectivity index is 1.26. The normalized spacial score (nSPS) is 16.1. The van der Waals surface area contributed by atoms with E-state index in [-0.39, 0.29) is 29.9 Å². The standard InChI is InChI=1S/C23H23F2N3O2/c24-18-6-4-16(5-7-18)12-23(29)28-10-8-17(15-28)22-14-20(26-27-22)9-11-30-21-3-1-2-19(25)13-21/h1-7,13-14,17H,8-12,15H2,(H,26,27). The van der Waals surface area contributed by atoms with Crippen LogP contribution < -0.4 is 4.74 Å². The quantitative estimate of drug-likeness (QED) is 0.642. The maximum atomic E-state index is 13.2. The Hall–Kier alpha value is -3.22. The van der Waals surface area contributed by atoms with Gasteiger partial charge in [0.25, 0.3) is 0 Å². The Morgan fingerprint density at radius 1 is 1.13 bits per heavy atom. The Morgan fingerprint density at radius 2 is 1.97 bits per heavy atom. The van der Waals surface area contributed by atoms with Crippen molar-refractivity contribution in [1.29, 1.82) is 0 Å². The second kappa shape index (κ2) is 9.07. The van der Waals surface area contributed by atoms with Gasteiger partial charge >= 0.3 is 0 Å². The molecule has 1 saturated heterocycles. The minimum Gasteiger partial charge on any atom is -0.493 e. The van der Waals surface area contributed by atoms with Crippen molar-refractivity contribution in [2.75, 3.05) is 19.7 Å². The molecule has 1 atom stereocenters. The number of amides is 1. The van der Waals surface area contributed by atoms with Gasteiger partial charge in [-0.05, 0) is 42.3 Å². The molecule has 2 aromatic carbocycles. The summed E-state index contributed by atoms with van der Waals surface area (Å²) in [5, 5.41) is 7.43. The molecule has 1 aliphatic heterocycles. The zero-order valence-electron chi connectivity index (χ0n) is 16.5. The number of rotatable bonds is 7. The van der Waals surface area contributed by atoms with E-state index < -0.39 is 0 Å². The summed E-state index contributed by atoms with van der Waals surface area (Å²) in [5.74, 6) is 0.111. The molecule has 3 aromatic rings. The summed E-state index contributed by atoms with van der Waals surface area (Å²) >= 11 is 0. The number of carbonyl (C=O) groups excluding carboxylic acids is 1. The minimum atomic E-state index is -0.323. The Labute approximate surface area is 173 Å². The number of H-pyrrole nitrogens is 1. The van der Waals surface area contributed by atoms with Gasteiger partial charge in [-0.2, -0.15) is 5.10 Å². The van der Waals surface area contributed by atoms with Crippen LogP contribution in [0, 0.1) is 11.6 Å². The Bertz CT molecular complexity index is 1000. The van der Waals surface area contributed by atoms with Crippen LogP contribution in [0.15, 0.2) is 54.6 Å². The number of likely N-dealkylation sites (tertiary alicyclic amines) is 1. The number of hydrogen-bond donors (Lipinski definition) is 1. The monoisotopic (exact) mass is 411 g/mol. The van der Waals surface area contributed by atoms with E-state index in [0.29, 0.717) is 31.9 Å². The van der Waals surface area contributed by atoms with Crippen LogP contribution in [0.2, 0.25) is 0 Å². The highest BCUT2D eigenvalue weighted by atomic mass is 19.1. The van der Waals surface area contributed by atoms with Crippen molar-refractivity contribution in [3.63, 3.8) is 0 Å². The first-order valence-electron chi connectivity index (χ1n) is 10.0. The molecule has 0 bridgehead atoms. The van der Waals surface area contributed by atoms with Gasteiger partial charge in [0.15, 0.2) is 0 Å². The lowest BCUT2D eigenvalue weighted by atomic mass is 10.0. The number of hydrogen-bond acceptors (Lipinski definition) is 3. The number of nitrogens with one attached hydrogen (secondary N) is 1. The smallest absolute Gasteiger partial charge is 0.227 e. The van der Waals surface area contributed by atoms with E-state index in [1.165, 1.54) is 24.3 Å². The second-order valence-corrected chi connectivity index (χ2v) is 7.50. The molecule has 1 aliphatic rings. The molecule has 0 radical (unpaired) electrons. The van der Waals surface area contributed by atoms with Crippen LogP contribution in [-0.2, 0) is 17.6 Å². The number of ether oxygens (including phenoxy) is 1. The first-order valence-corrected chi connectivity index (χ1v) is 10.0. The molecule has 1 N–H and O–H groups in total. The molecule has 1 fully saturated rings. The van der Waals surface area contributed by atoms with Crippen LogP contribution in [0.3, 0.4) is 0 Å². The van der Waals surface area contributed by atoms with Crippen molar-refractivity contribution in [3.8, 4) is 5.75 Å². The van der Waals surface area contributed by atoms with Gasteiger partial charge in [-0.1, -0.05) is 18.2 Å². The predicted octanol–water partition coefficient (Wildman–Crippen LogP) is 3.87. The molecule has 7 heteroatoms. The zero-order chi connectivity index (χ0) is 20.9. The van der Waals surface area contributed by atoms with Crippen LogP contribution in [0.1, 0.15) is 29.3 Å². The third-order valence-electron chi connectivity index (χ3n) is 5.31. The predicted molar refractivity (Wildman–Crippen MR) is 108 cm³/mol. The first-order chi connectivity index (χ1) is 14.6. The number of nitrogens with zero attached hydrogens (tertiary/aromatic N) is 2. The molecule has 4 rings (SSSR count). The van der Waals surface area contributed by atoms with Gasteiger partial charge in [0.1, 0.15) is 17.4 Å². The van der Waals surface area contributed by atoms with Crippen molar-refractivity contribution >= 4 is 5.91 Å². The number of aromatic amines is 1. The minimum absolute atomic E-state index is 0.0448. The topological polar surface area (TPSA) is 58.2 Å². The summed E-state index contributed by atoms with van der Waals surface area (Å²) in [6.45, 7) is 1.73. The maximum absolute atomic E-state index is 13.2. The molecule has 1 aromatic heterocycles. The lowest BCUT2D eigenvalue weighted by Gasteiger charge is -2.16. The van der Waals surface area contributed by atoms with Gasteiger partial charge < -0.3 is 9.64 Å². The van der Waals surface area contributed by atoms with Crippen LogP contribution in [0.25, 0.3) is 0 Å². The highest BCUT2D eigenvalue weighted by Crippen LogP contribution is 2.27. The van der Waals surface area contributed by atoms with Crippen molar-refractivity contribution in [2.45, 2.75) is 25.2 Å². The first kappa shape index (κ1) is 20.1. The fraction of sp³-hybridized carbons (Fsp3) is 0.304. The van der Waals surface area contributed by atoms with Crippen LogP contribution in [0.5, 0.6) is 5.75 Å². The van der Waals surface area contributed by atoms with Gasteiger partial charge in [-0.3, -0.25) is 9.89 Å². The molecule has 2 heterocycles. The maximum Gasteiger partial charge on any atom is 0.227 e. The molecule has 1 amide bonds. The largest absolute Gasteiger partial charge is 0.493 e. The third-order valence-corrected chi connectivity index (χ3v) is 5.31. The van der Waals surface area contributed by atoms with Gasteiger partial charge in [-0.15, -0.1) is 0 Å². The molecular formula is C23H23F2N3O2. The fourth-order valence-electron chi connectivity index (χ4n) is 3.67. The molecule has 0 aliphatic carbocycles. The van der Waals surface area contributed by atoms with Crippen molar-refractivity contribution in [2.24, 2.45) is 0 Å². The second-order valence-electron chi connectivity index (χ2n) is 7.50. The zero-order valence-corrected chi connectivity index (χ0v) is 16.5. The van der Waals surface area contributed by atoms with Gasteiger partial charge in [-0.25, -0.2) is 8.78 Å². The summed E-state index contributed by atoms with van der Waals surface area (Å²) in [6, 6.07) is 14.1. The van der Waals surface area contributed by atoms with Crippen molar-refractivity contribution in [1.82, 2.24) is 15.1 Å². The van der Waals surface area contributed by atoms with Gasteiger partial charge in [0.2, 0.25) is 5.91 Å². The van der Waals surface area contributed by atoms with Crippen molar-refractivity contribution in [3.05, 3.63) is 83.2 Å². The van der Waals surface area contributed by atoms with Crippen LogP contribution in [0.4, 0.5) is 8.78 Å². The summed E-state index contributed by atoms with van der Waals surface area (Å²) in [5.41, 5.74) is 2.69. The Morgan fingerprint density at radius 3 is 2.77 bits per heavy atom. The summed E-state index contributed by atoms with van der Waals surface area (Å²) in [4.78, 5) is 14.4. The van der Waals surface area contributed by atoms with Crippen molar-refractivity contribution < 1.29 is 18.3 Å². The average Bonchev–Trinajstić information content (AvgIpc) is 3.39. The molecule has 156 valence electrons. The van der Waals surface area contributed by atoms with E-state index in [2.05, 4.69) is 10.2 Å². The third kappa shape index (κ3) is 5.03. The number of halogens is 2. The molecule has 5 nitrogen and oxygen atoms in total. The molecule has 30 heavy (non-hydrogen) atoms. The van der Waals surface area contributed by atoms with Crippen LogP contribution in [-0.4, -0.2) is 40.7 Å². The highest BCUT2D eigenvalue weighted by Gasteiger charge is 2.28. The summed E-state index contributed by atoms with van der Waals surface area (Å²) in [6.07, 6.45) is 1.76. The SMILES string of the molecule is O=C(Cc1ccc(F)cc1)N1CCC(c2cc(CCOc3cccc(F)c3)[nH]n2)C1. The molecular weight excluding hydrogens is 388 g/mol. The van der Waals surface area contributed by atoms with E-state index in [9.17, 15) is 13.6 Å². The Kier molecular flexibility index (Phi) is 6.07. The lowest BCUT2D eigenvalue weighted by molar-refractivity contribution is -0.129. The lowest BCUT2D eigenvalue weighted by Crippen LogP contribution is -2.29. The average molecular weight is 411 g/mol. The number of aromatic nitrogens is 2. The van der Waals surface area contributed by atoms with E-state index >= 15 is 0 Å². The van der Waals surface area contributed by atoms with E-state index in [0.717, 1.165) is 23.4 Å². The van der Waals surface area contributed by atoms with Gasteiger partial charge in [0.05, 0.1) is 18.7 Å². The fourth-order valence-corrected chi connectivity index (χ4v) is 3.67. The number of benzene rings is 2. The summed E-state index contributed by atoms with van der Waals surface area (Å²) < 4.78 is 31.8. The summed E-state index contributed by atoms with van der Waals surface area (Å²) in [7, 11) is 0. The molecule has 0 spiro atoms. The number of carbonyl (C=O) groups is 1. The van der Waals surface area contributed by atoms with Crippen LogP contribution >= 0.6 is 0 Å². The highest BCUT2D eigenvalue weighted by molar-refractivity contribution is 5.79. The van der Waals surface area contributed by atoms with E-state index in [4.69, 9.17) is 4.74 Å². The molecule has 1 unspecified atom stereocenters. The van der Waals surface area contributed by atoms with E-state index in [1.807, 2.05) is 11.0 Å². The molecule has 0 saturated carbocycles.